The van der Waals surface area contributed by atoms with Crippen LogP contribution in [0.25, 0.3) is 0 Å². The molecule has 20 nitrogen and oxygen atoms in total. The predicted molar refractivity (Wildman–Crippen MR) is 531 cm³/mol. The number of hydrogen-bond donors (Lipinski definition) is 8. The van der Waals surface area contributed by atoms with Crippen LogP contribution < -0.4 is 37.9 Å². The number of phenols is 8. The van der Waals surface area contributed by atoms with Gasteiger partial charge in [0.1, 0.15) is 143 Å². The van der Waals surface area contributed by atoms with Crippen LogP contribution in [0.15, 0.2) is 287 Å². The lowest BCUT2D eigenvalue weighted by atomic mass is 9.84. The van der Waals surface area contributed by atoms with Crippen molar-refractivity contribution in [2.75, 3.05) is 105 Å². The first kappa shape index (κ1) is 94.4. The summed E-state index contributed by atoms with van der Waals surface area (Å²) in [5.74, 6) is 8.25. The standard InChI is InChI=1S/2C28H31NO4S.2C27H29NO4S/c30-22-9-5-21(6-10-22)28-27(33-25-14-11-23(31)19-26(25)34-28)20-7-12-24(13-8-20)32-18-17-29-15-3-1-2-4-16-29;30-22-7-5-6-21(18-22)28-27(33-25-13-10-23(31)19-26(25)34-28)20-8-11-24(12-9-20)32-17-16-29-14-3-1-2-4-15-29;1-27(2)16-28(17-27)13-14-31-22-10-5-18(6-11-22)25-26(19-3-7-20(29)8-4-19)33-24-15-21(30)9-12-23(24)32-25;1-27(2)16-28(17-27)12-13-31-22-9-6-18(7-10-22)25-26(19-4-3-5-20(29)14-19)33-24-15-21(30)8-11-23(24)32-25/h5-14,19,27-28,30-31H,1-4,15-18H2;5-13,18-19,27-28,30-31H,1-4,14-17H2;3-12,15,25-26,29-30H,13-14,16-17H2,1-2H3;3-11,14-15,25-26,29-30H,12-13,16-17H2,1-2H3/t2*27-,28+;2*25-,26+/m0000/s1. The molecule has 8 aliphatic rings. The van der Waals surface area contributed by atoms with Crippen molar-refractivity contribution >= 4 is 47.0 Å². The molecule has 8 N–H and O–H groups in total. The van der Waals surface area contributed by atoms with E-state index in [1.165, 1.54) is 77.5 Å². The predicted octanol–water partition coefficient (Wildman–Crippen LogP) is 24.2. The van der Waals surface area contributed by atoms with Crippen molar-refractivity contribution in [3.05, 3.63) is 311 Å². The minimum absolute atomic E-state index is 0.0234. The van der Waals surface area contributed by atoms with E-state index in [1.54, 1.807) is 150 Å². The molecule has 134 heavy (non-hydrogen) atoms. The zero-order valence-electron chi connectivity index (χ0n) is 76.3. The van der Waals surface area contributed by atoms with Gasteiger partial charge in [0.25, 0.3) is 0 Å². The molecule has 8 heterocycles. The zero-order valence-corrected chi connectivity index (χ0v) is 79.5. The summed E-state index contributed by atoms with van der Waals surface area (Å²) in [6.45, 7) is 24.9. The Labute approximate surface area is 803 Å². The van der Waals surface area contributed by atoms with E-state index in [4.69, 9.17) is 37.9 Å². The van der Waals surface area contributed by atoms with Crippen molar-refractivity contribution < 1.29 is 78.7 Å². The van der Waals surface area contributed by atoms with Gasteiger partial charge in [-0.05, 0) is 277 Å². The summed E-state index contributed by atoms with van der Waals surface area (Å²) < 4.78 is 49.7. The summed E-state index contributed by atoms with van der Waals surface area (Å²) in [6, 6.07) is 82.4. The summed E-state index contributed by atoms with van der Waals surface area (Å²) in [6.07, 6.45) is 9.62. The van der Waals surface area contributed by atoms with Crippen LogP contribution in [-0.2, 0) is 0 Å². The van der Waals surface area contributed by atoms with E-state index < -0.39 is 0 Å². The SMILES string of the molecule is CC1(C)CN(CCOc2ccc([C@@H]3Oc4ccc(O)cc4S[C@@H]3c3ccc(O)cc3)cc2)C1.CC1(C)CN(CCOc2ccc([C@@H]3Oc4ccc(O)cc4S[C@@H]3c3cccc(O)c3)cc2)C1.Oc1ccc([C@H]2Sc3cc(O)ccc3O[C@H]2c2ccc(OCCN3CCCCCC3)cc2)cc1.Oc1cccc([C@H]2Sc3cc(O)ccc3O[C@H]2c2ccc(OCCN3CCCCCC3)cc2)c1. The fraction of sp³-hybridized carbons (Fsp3) is 0.345. The third kappa shape index (κ3) is 25.1. The topological polar surface area (TPSA) is 249 Å². The van der Waals surface area contributed by atoms with Gasteiger partial charge in [0.05, 0.1) is 40.6 Å². The summed E-state index contributed by atoms with van der Waals surface area (Å²) in [5, 5.41) is 79.1. The number of benzene rings is 12. The van der Waals surface area contributed by atoms with E-state index in [9.17, 15) is 40.9 Å². The summed E-state index contributed by atoms with van der Waals surface area (Å²) in [5.41, 5.74) is 9.10. The van der Waals surface area contributed by atoms with Crippen LogP contribution in [0, 0.1) is 10.8 Å². The van der Waals surface area contributed by atoms with E-state index in [0.29, 0.717) is 37.3 Å². The molecule has 12 aromatic carbocycles. The molecule has 0 aromatic heterocycles. The molecular weight excluding hydrogens is 1760 g/mol. The Hall–Kier alpha value is -11.3. The fourth-order valence-corrected chi connectivity index (χ4v) is 23.8. The van der Waals surface area contributed by atoms with E-state index in [-0.39, 0.29) is 91.4 Å². The van der Waals surface area contributed by atoms with Crippen molar-refractivity contribution in [1.82, 2.24) is 19.6 Å². The second-order valence-corrected chi connectivity index (χ2v) is 41.9. The van der Waals surface area contributed by atoms with Gasteiger partial charge >= 0.3 is 0 Å². The van der Waals surface area contributed by atoms with E-state index in [2.05, 4.69) is 95.8 Å². The van der Waals surface area contributed by atoms with E-state index in [1.807, 2.05) is 115 Å². The van der Waals surface area contributed by atoms with Crippen molar-refractivity contribution in [2.24, 2.45) is 10.8 Å². The Bertz CT molecular complexity index is 5830. The number of hydrogen-bond acceptors (Lipinski definition) is 24. The van der Waals surface area contributed by atoms with Crippen molar-refractivity contribution in [3.8, 4) is 92.0 Å². The Morgan fingerprint density at radius 1 is 0.254 bits per heavy atom. The number of fused-ring (bicyclic) bond motifs is 4. The van der Waals surface area contributed by atoms with Crippen LogP contribution in [0.3, 0.4) is 0 Å². The maximum Gasteiger partial charge on any atom is 0.140 e. The maximum absolute atomic E-state index is 10.1. The Kier molecular flexibility index (Phi) is 31.0. The van der Waals surface area contributed by atoms with Gasteiger partial charge in [-0.1, -0.05) is 150 Å². The highest BCUT2D eigenvalue weighted by atomic mass is 32.2. The van der Waals surface area contributed by atoms with E-state index in [0.717, 1.165) is 162 Å². The highest BCUT2D eigenvalue weighted by Gasteiger charge is 2.40. The number of nitrogens with zero attached hydrogens (tertiary/aromatic N) is 4. The molecule has 700 valence electrons. The van der Waals surface area contributed by atoms with Crippen molar-refractivity contribution in [3.63, 3.8) is 0 Å². The molecule has 0 amide bonds. The van der Waals surface area contributed by atoms with Gasteiger partial charge < -0.3 is 78.7 Å². The second-order valence-electron chi connectivity index (χ2n) is 37.1. The van der Waals surface area contributed by atoms with Gasteiger partial charge in [0.2, 0.25) is 0 Å². The zero-order chi connectivity index (χ0) is 92.7. The lowest BCUT2D eigenvalue weighted by molar-refractivity contribution is 0.0212. The number of phenolic OH excluding ortho intramolecular Hbond substituents is 8. The van der Waals surface area contributed by atoms with Gasteiger partial charge in [-0.3, -0.25) is 19.6 Å². The number of ether oxygens (including phenoxy) is 8. The summed E-state index contributed by atoms with van der Waals surface area (Å²) >= 11 is 6.60. The Balaban J connectivity index is 0.000000124. The molecule has 8 atom stereocenters. The summed E-state index contributed by atoms with van der Waals surface area (Å²) in [7, 11) is 0. The first-order valence-corrected chi connectivity index (χ1v) is 50.2. The molecule has 24 heteroatoms. The van der Waals surface area contributed by atoms with Gasteiger partial charge in [0, 0.05) is 52.4 Å². The Morgan fingerprint density at radius 3 is 0.739 bits per heavy atom. The molecular formula is C110H120N4O16S4. The molecule has 4 fully saturated rings. The fourth-order valence-electron chi connectivity index (χ4n) is 18.6. The Morgan fingerprint density at radius 2 is 0.485 bits per heavy atom. The average molecular weight is 1880 g/mol. The molecule has 12 aromatic rings. The largest absolute Gasteiger partial charge is 0.508 e. The highest BCUT2D eigenvalue weighted by Crippen LogP contribution is 2.59. The number of aromatic hydroxyl groups is 8. The molecule has 4 saturated heterocycles. The monoisotopic (exact) mass is 1880 g/mol. The molecule has 0 saturated carbocycles. The molecule has 0 radical (unpaired) electrons. The molecule has 0 unspecified atom stereocenters. The van der Waals surface area contributed by atoms with Crippen molar-refractivity contribution in [1.29, 1.82) is 0 Å². The van der Waals surface area contributed by atoms with Gasteiger partial charge in [-0.2, -0.15) is 0 Å². The lowest BCUT2D eigenvalue weighted by Gasteiger charge is -2.45. The third-order valence-corrected chi connectivity index (χ3v) is 30.6. The normalized spacial score (nSPS) is 21.1. The molecule has 0 spiro atoms. The number of likely N-dealkylation sites (tertiary alicyclic amines) is 4. The molecule has 0 bridgehead atoms. The van der Waals surface area contributed by atoms with Gasteiger partial charge in [-0.15, -0.1) is 47.0 Å². The minimum atomic E-state index is -0.244. The maximum atomic E-state index is 10.1. The van der Waals surface area contributed by atoms with E-state index >= 15 is 0 Å². The quantitative estimate of drug-likeness (QED) is 0.0280. The molecule has 0 aliphatic carbocycles. The van der Waals surface area contributed by atoms with Crippen LogP contribution in [0.1, 0.15) is 169 Å². The summed E-state index contributed by atoms with van der Waals surface area (Å²) in [4.78, 5) is 13.4. The number of rotatable bonds is 24. The highest BCUT2D eigenvalue weighted by molar-refractivity contribution is 8.00. The third-order valence-electron chi connectivity index (χ3n) is 25.2. The first-order valence-electron chi connectivity index (χ1n) is 46.7. The van der Waals surface area contributed by atoms with Crippen LogP contribution >= 0.6 is 47.0 Å². The van der Waals surface area contributed by atoms with Gasteiger partial charge in [-0.25, -0.2) is 0 Å². The average Bonchev–Trinajstić information content (AvgIpc) is 0.789. The van der Waals surface area contributed by atoms with Crippen LogP contribution in [0.2, 0.25) is 0 Å². The first-order chi connectivity index (χ1) is 65.0. The second kappa shape index (κ2) is 44.0. The van der Waals surface area contributed by atoms with Gasteiger partial charge in [0.15, 0.2) is 0 Å². The minimum Gasteiger partial charge on any atom is -0.508 e. The number of thioether (sulfide) groups is 4. The molecule has 8 aliphatic heterocycles. The molecule has 20 rings (SSSR count). The smallest absolute Gasteiger partial charge is 0.140 e. The van der Waals surface area contributed by atoms with Crippen LogP contribution in [-0.4, -0.2) is 165 Å². The van der Waals surface area contributed by atoms with Crippen LogP contribution in [0.5, 0.6) is 92.0 Å². The lowest BCUT2D eigenvalue weighted by Crippen LogP contribution is -2.53. The van der Waals surface area contributed by atoms with Crippen molar-refractivity contribution in [2.45, 2.75) is 144 Å². The van der Waals surface area contributed by atoms with Crippen LogP contribution in [0.4, 0.5) is 0 Å².